The molecule has 5 nitrogen and oxygen atoms in total. The summed E-state index contributed by atoms with van der Waals surface area (Å²) in [6.45, 7) is 10.6. The van der Waals surface area contributed by atoms with E-state index >= 15 is 0 Å². The first-order valence-corrected chi connectivity index (χ1v) is 10.1. The predicted molar refractivity (Wildman–Crippen MR) is 112 cm³/mol. The second-order valence-electron chi connectivity index (χ2n) is 7.94. The normalized spacial score (nSPS) is 15.0. The molecule has 1 aliphatic rings. The van der Waals surface area contributed by atoms with Crippen LogP contribution in [-0.4, -0.2) is 42.9 Å². The standard InChI is InChI=1S/C21H27N3O2S/c1-15-14-17(22-20(26)21(2,3)4)27-18(15)19(25)24-12-10-23(11-13-24)16-8-6-5-7-9-16/h5-9,14H,10-13H2,1-4H3,(H,22,26). The van der Waals surface area contributed by atoms with Crippen molar-refractivity contribution < 1.29 is 9.59 Å². The van der Waals surface area contributed by atoms with E-state index in [2.05, 4.69) is 22.3 Å². The lowest BCUT2D eigenvalue weighted by Gasteiger charge is -2.36. The summed E-state index contributed by atoms with van der Waals surface area (Å²) in [5.74, 6) is 0.0145. The molecule has 2 aromatic rings. The summed E-state index contributed by atoms with van der Waals surface area (Å²) in [6, 6.07) is 12.2. The third-order valence-electron chi connectivity index (χ3n) is 4.72. The number of aryl methyl sites for hydroxylation is 1. The number of hydrogen-bond acceptors (Lipinski definition) is 4. The van der Waals surface area contributed by atoms with Crippen LogP contribution < -0.4 is 10.2 Å². The van der Waals surface area contributed by atoms with Gasteiger partial charge in [-0.1, -0.05) is 39.0 Å². The molecule has 1 N–H and O–H groups in total. The lowest BCUT2D eigenvalue weighted by atomic mass is 9.96. The van der Waals surface area contributed by atoms with Crippen molar-refractivity contribution in [2.24, 2.45) is 5.41 Å². The van der Waals surface area contributed by atoms with E-state index in [9.17, 15) is 9.59 Å². The molecule has 3 rings (SSSR count). The van der Waals surface area contributed by atoms with Crippen LogP contribution in [0.2, 0.25) is 0 Å². The lowest BCUT2D eigenvalue weighted by molar-refractivity contribution is -0.123. The van der Waals surface area contributed by atoms with Gasteiger partial charge in [0.2, 0.25) is 5.91 Å². The molecule has 1 aliphatic heterocycles. The van der Waals surface area contributed by atoms with Gasteiger partial charge in [-0.25, -0.2) is 0 Å². The van der Waals surface area contributed by atoms with Gasteiger partial charge >= 0.3 is 0 Å². The number of thiophene rings is 1. The van der Waals surface area contributed by atoms with E-state index in [-0.39, 0.29) is 11.8 Å². The zero-order chi connectivity index (χ0) is 19.6. The molecule has 1 aromatic carbocycles. The van der Waals surface area contributed by atoms with Gasteiger partial charge in [-0.2, -0.15) is 0 Å². The molecule has 1 aromatic heterocycles. The van der Waals surface area contributed by atoms with Gasteiger partial charge in [-0.05, 0) is 30.7 Å². The number of hydrogen-bond donors (Lipinski definition) is 1. The van der Waals surface area contributed by atoms with Crippen LogP contribution in [0.15, 0.2) is 36.4 Å². The van der Waals surface area contributed by atoms with Crippen LogP contribution in [0.25, 0.3) is 0 Å². The average molecular weight is 386 g/mol. The summed E-state index contributed by atoms with van der Waals surface area (Å²) in [5.41, 5.74) is 1.65. The van der Waals surface area contributed by atoms with Crippen molar-refractivity contribution in [3.8, 4) is 0 Å². The molecule has 1 fully saturated rings. The van der Waals surface area contributed by atoms with Gasteiger partial charge in [-0.3, -0.25) is 9.59 Å². The summed E-state index contributed by atoms with van der Waals surface area (Å²) in [6.07, 6.45) is 0. The first-order valence-electron chi connectivity index (χ1n) is 9.27. The number of nitrogens with one attached hydrogen (secondary N) is 1. The zero-order valence-corrected chi connectivity index (χ0v) is 17.2. The molecule has 0 radical (unpaired) electrons. The molecular formula is C21H27N3O2S. The number of para-hydroxylation sites is 1. The van der Waals surface area contributed by atoms with Gasteiger partial charge in [0, 0.05) is 37.3 Å². The Morgan fingerprint density at radius 1 is 1.04 bits per heavy atom. The van der Waals surface area contributed by atoms with Gasteiger partial charge in [0.05, 0.1) is 9.88 Å². The van der Waals surface area contributed by atoms with Crippen molar-refractivity contribution in [3.05, 3.63) is 46.8 Å². The fraction of sp³-hybridized carbons (Fsp3) is 0.429. The Kier molecular flexibility index (Phi) is 5.56. The Labute approximate surface area is 165 Å². The highest BCUT2D eigenvalue weighted by Crippen LogP contribution is 2.30. The number of rotatable bonds is 3. The smallest absolute Gasteiger partial charge is 0.264 e. The number of anilines is 2. The summed E-state index contributed by atoms with van der Waals surface area (Å²) < 4.78 is 0. The van der Waals surface area contributed by atoms with Crippen LogP contribution >= 0.6 is 11.3 Å². The first kappa shape index (κ1) is 19.4. The van der Waals surface area contributed by atoms with Crippen LogP contribution in [0.4, 0.5) is 10.7 Å². The minimum absolute atomic E-state index is 0.0424. The van der Waals surface area contributed by atoms with Crippen molar-refractivity contribution in [3.63, 3.8) is 0 Å². The maximum absolute atomic E-state index is 13.0. The highest BCUT2D eigenvalue weighted by Gasteiger charge is 2.26. The molecule has 0 aliphatic carbocycles. The van der Waals surface area contributed by atoms with Gasteiger partial charge < -0.3 is 15.1 Å². The predicted octanol–water partition coefficient (Wildman–Crippen LogP) is 4.00. The van der Waals surface area contributed by atoms with E-state index in [1.165, 1.54) is 17.0 Å². The number of carbonyl (C=O) groups is 2. The molecule has 0 bridgehead atoms. The molecular weight excluding hydrogens is 358 g/mol. The molecule has 0 unspecified atom stereocenters. The Balaban J connectivity index is 1.64. The van der Waals surface area contributed by atoms with Crippen molar-refractivity contribution in [1.82, 2.24) is 4.90 Å². The maximum Gasteiger partial charge on any atom is 0.264 e. The van der Waals surface area contributed by atoms with Crippen LogP contribution in [0.1, 0.15) is 36.0 Å². The molecule has 0 atom stereocenters. The number of nitrogens with zero attached hydrogens (tertiary/aromatic N) is 2. The summed E-state index contributed by atoms with van der Waals surface area (Å²) >= 11 is 1.37. The van der Waals surface area contributed by atoms with Crippen LogP contribution in [0, 0.1) is 12.3 Å². The quantitative estimate of drug-likeness (QED) is 0.869. The number of piperazine rings is 1. The number of benzene rings is 1. The second-order valence-corrected chi connectivity index (χ2v) is 8.99. The minimum Gasteiger partial charge on any atom is -0.368 e. The van der Waals surface area contributed by atoms with Gasteiger partial charge in [-0.15, -0.1) is 11.3 Å². The Bertz CT molecular complexity index is 816. The Morgan fingerprint density at radius 3 is 2.26 bits per heavy atom. The fourth-order valence-corrected chi connectivity index (χ4v) is 4.04. The van der Waals surface area contributed by atoms with E-state index in [0.29, 0.717) is 18.0 Å². The number of amides is 2. The van der Waals surface area contributed by atoms with E-state index < -0.39 is 5.41 Å². The van der Waals surface area contributed by atoms with E-state index in [1.807, 2.05) is 56.9 Å². The number of carbonyl (C=O) groups excluding carboxylic acids is 2. The molecule has 1 saturated heterocycles. The van der Waals surface area contributed by atoms with Crippen molar-refractivity contribution in [1.29, 1.82) is 0 Å². The highest BCUT2D eigenvalue weighted by atomic mass is 32.1. The summed E-state index contributed by atoms with van der Waals surface area (Å²) in [4.78, 5) is 30.1. The van der Waals surface area contributed by atoms with Crippen LogP contribution in [0.5, 0.6) is 0 Å². The van der Waals surface area contributed by atoms with Gasteiger partial charge in [0.25, 0.3) is 5.91 Å². The highest BCUT2D eigenvalue weighted by molar-refractivity contribution is 7.18. The fourth-order valence-electron chi connectivity index (χ4n) is 3.01. The summed E-state index contributed by atoms with van der Waals surface area (Å²) in [7, 11) is 0. The monoisotopic (exact) mass is 385 g/mol. The molecule has 6 heteroatoms. The van der Waals surface area contributed by atoms with E-state index in [4.69, 9.17) is 0 Å². The lowest BCUT2D eigenvalue weighted by Crippen LogP contribution is -2.48. The molecule has 0 saturated carbocycles. The molecule has 2 amide bonds. The van der Waals surface area contributed by atoms with Crippen molar-refractivity contribution in [2.75, 3.05) is 36.4 Å². The third kappa shape index (κ3) is 4.50. The molecule has 144 valence electrons. The van der Waals surface area contributed by atoms with E-state index in [1.54, 1.807) is 0 Å². The molecule has 0 spiro atoms. The van der Waals surface area contributed by atoms with Gasteiger partial charge in [0.1, 0.15) is 0 Å². The first-order chi connectivity index (χ1) is 12.8. The maximum atomic E-state index is 13.0. The van der Waals surface area contributed by atoms with Crippen LogP contribution in [0.3, 0.4) is 0 Å². The van der Waals surface area contributed by atoms with Crippen molar-refractivity contribution in [2.45, 2.75) is 27.7 Å². The van der Waals surface area contributed by atoms with Crippen molar-refractivity contribution >= 4 is 33.8 Å². The summed E-state index contributed by atoms with van der Waals surface area (Å²) in [5, 5.41) is 3.66. The SMILES string of the molecule is Cc1cc(NC(=O)C(C)(C)C)sc1C(=O)N1CCN(c2ccccc2)CC1. The second kappa shape index (κ2) is 7.72. The average Bonchev–Trinajstić information content (AvgIpc) is 3.01. The molecule has 2 heterocycles. The van der Waals surface area contributed by atoms with Gasteiger partial charge in [0.15, 0.2) is 0 Å². The topological polar surface area (TPSA) is 52.7 Å². The van der Waals surface area contributed by atoms with E-state index in [0.717, 1.165) is 23.7 Å². The Morgan fingerprint density at radius 2 is 1.67 bits per heavy atom. The zero-order valence-electron chi connectivity index (χ0n) is 16.4. The largest absolute Gasteiger partial charge is 0.368 e. The molecule has 27 heavy (non-hydrogen) atoms. The minimum atomic E-state index is -0.462. The van der Waals surface area contributed by atoms with Crippen LogP contribution in [-0.2, 0) is 4.79 Å². The third-order valence-corrected chi connectivity index (χ3v) is 5.86. The Hall–Kier alpha value is -2.34.